The molecule has 2 aliphatic rings. The molecule has 2 fully saturated rings. The van der Waals surface area contributed by atoms with Crippen molar-refractivity contribution in [3.8, 4) is 5.69 Å². The van der Waals surface area contributed by atoms with Crippen LogP contribution in [0.2, 0.25) is 0 Å². The Kier molecular flexibility index (Phi) is 6.18. The zero-order valence-electron chi connectivity index (χ0n) is 16.6. The molecule has 1 saturated heterocycles. The molecular weight excluding hydrogens is 388 g/mol. The maximum atomic E-state index is 12.8. The molecule has 1 aromatic heterocycles. The average molecular weight is 415 g/mol. The summed E-state index contributed by atoms with van der Waals surface area (Å²) >= 11 is 1.34. The Morgan fingerprint density at radius 3 is 2.69 bits per heavy atom. The molecule has 0 spiro atoms. The first-order valence-electron chi connectivity index (χ1n) is 10.3. The molecule has 4 rings (SSSR count). The van der Waals surface area contributed by atoms with Gasteiger partial charge >= 0.3 is 5.97 Å². The number of esters is 1. The number of amides is 1. The maximum Gasteiger partial charge on any atom is 0.328 e. The normalized spacial score (nSPS) is 19.2. The van der Waals surface area contributed by atoms with Crippen molar-refractivity contribution >= 4 is 23.6 Å². The Labute approximate surface area is 174 Å². The number of hydrogen-bond acceptors (Lipinski definition) is 6. The number of thioether (sulfide) groups is 1. The minimum Gasteiger partial charge on any atom is -0.464 e. The number of aromatic nitrogens is 3. The predicted molar refractivity (Wildman–Crippen MR) is 110 cm³/mol. The Balaban J connectivity index is 1.44. The third-order valence-electron chi connectivity index (χ3n) is 5.26. The standard InChI is InChI=1S/C21H26N4O3S/c1-2-28-20(27)17-10-6-7-13-24(17)18(26)14-29-21-22-19(15-11-12-15)25(23-21)16-8-4-3-5-9-16/h3-5,8-9,15,17H,2,6-7,10-14H2,1H3/t17-/m0/s1. The lowest BCUT2D eigenvalue weighted by molar-refractivity contribution is -0.155. The van der Waals surface area contributed by atoms with Crippen LogP contribution in [0.3, 0.4) is 0 Å². The van der Waals surface area contributed by atoms with Gasteiger partial charge in [-0.2, -0.15) is 0 Å². The van der Waals surface area contributed by atoms with Crippen LogP contribution in [0.5, 0.6) is 0 Å². The molecule has 1 aliphatic carbocycles. The first-order valence-corrected chi connectivity index (χ1v) is 11.3. The summed E-state index contributed by atoms with van der Waals surface area (Å²) in [5, 5.41) is 5.25. The van der Waals surface area contributed by atoms with Gasteiger partial charge in [0, 0.05) is 12.5 Å². The summed E-state index contributed by atoms with van der Waals surface area (Å²) in [5.74, 6) is 1.28. The Morgan fingerprint density at radius 2 is 1.97 bits per heavy atom. The van der Waals surface area contributed by atoms with Gasteiger partial charge in [-0.3, -0.25) is 4.79 Å². The van der Waals surface area contributed by atoms with Gasteiger partial charge in [-0.05, 0) is 51.2 Å². The predicted octanol–water partition coefficient (Wildman–Crippen LogP) is 3.18. The van der Waals surface area contributed by atoms with E-state index in [1.54, 1.807) is 11.8 Å². The second-order valence-corrected chi connectivity index (χ2v) is 8.36. The molecule has 154 valence electrons. The molecule has 0 unspecified atom stereocenters. The minimum absolute atomic E-state index is 0.0585. The third-order valence-corrected chi connectivity index (χ3v) is 6.08. The Morgan fingerprint density at radius 1 is 1.17 bits per heavy atom. The molecule has 2 aromatic rings. The van der Waals surface area contributed by atoms with Gasteiger partial charge in [0.15, 0.2) is 0 Å². The van der Waals surface area contributed by atoms with Crippen LogP contribution < -0.4 is 0 Å². The quantitative estimate of drug-likeness (QED) is 0.512. The van der Waals surface area contributed by atoms with E-state index < -0.39 is 6.04 Å². The van der Waals surface area contributed by atoms with Gasteiger partial charge in [0.05, 0.1) is 18.0 Å². The van der Waals surface area contributed by atoms with E-state index in [0.29, 0.717) is 30.6 Å². The van der Waals surface area contributed by atoms with E-state index in [1.165, 1.54) is 11.8 Å². The molecule has 1 aromatic carbocycles. The number of ether oxygens (including phenoxy) is 1. The van der Waals surface area contributed by atoms with Crippen molar-refractivity contribution in [1.29, 1.82) is 0 Å². The second kappa shape index (κ2) is 8.98. The molecule has 1 amide bonds. The smallest absolute Gasteiger partial charge is 0.328 e. The first-order chi connectivity index (χ1) is 14.2. The topological polar surface area (TPSA) is 77.3 Å². The molecule has 0 bridgehead atoms. The number of benzene rings is 1. The summed E-state index contributed by atoms with van der Waals surface area (Å²) in [4.78, 5) is 31.4. The van der Waals surface area contributed by atoms with Crippen LogP contribution in [0.4, 0.5) is 0 Å². The lowest BCUT2D eigenvalue weighted by atomic mass is 10.0. The van der Waals surface area contributed by atoms with E-state index in [2.05, 4.69) is 5.10 Å². The number of carbonyl (C=O) groups is 2. The molecular formula is C21H26N4O3S. The van der Waals surface area contributed by atoms with E-state index in [9.17, 15) is 9.59 Å². The largest absolute Gasteiger partial charge is 0.464 e. The summed E-state index contributed by atoms with van der Waals surface area (Å²) in [5.41, 5.74) is 0.985. The van der Waals surface area contributed by atoms with E-state index in [4.69, 9.17) is 9.72 Å². The molecule has 7 nitrogen and oxygen atoms in total. The number of hydrogen-bond donors (Lipinski definition) is 0. The summed E-state index contributed by atoms with van der Waals surface area (Å²) in [6.45, 7) is 2.72. The van der Waals surface area contributed by atoms with Gasteiger partial charge in [0.2, 0.25) is 11.1 Å². The maximum absolute atomic E-state index is 12.8. The fraction of sp³-hybridized carbons (Fsp3) is 0.524. The number of piperidine rings is 1. The van der Waals surface area contributed by atoms with Crippen LogP contribution in [0.1, 0.15) is 50.8 Å². The van der Waals surface area contributed by atoms with Crippen molar-refractivity contribution in [1.82, 2.24) is 19.7 Å². The highest BCUT2D eigenvalue weighted by Gasteiger charge is 2.34. The van der Waals surface area contributed by atoms with Crippen LogP contribution in [0.25, 0.3) is 5.69 Å². The highest BCUT2D eigenvalue weighted by molar-refractivity contribution is 7.99. The first kappa shape index (κ1) is 19.9. The number of nitrogens with zero attached hydrogens (tertiary/aromatic N) is 4. The van der Waals surface area contributed by atoms with Crippen molar-refractivity contribution in [3.05, 3.63) is 36.2 Å². The van der Waals surface area contributed by atoms with Crippen molar-refractivity contribution < 1.29 is 14.3 Å². The van der Waals surface area contributed by atoms with Crippen molar-refractivity contribution in [3.63, 3.8) is 0 Å². The van der Waals surface area contributed by atoms with E-state index in [1.807, 2.05) is 35.0 Å². The summed E-state index contributed by atoms with van der Waals surface area (Å²) in [6.07, 6.45) is 4.78. The zero-order chi connectivity index (χ0) is 20.2. The van der Waals surface area contributed by atoms with Crippen LogP contribution in [-0.2, 0) is 14.3 Å². The number of rotatable bonds is 7. The highest BCUT2D eigenvalue weighted by atomic mass is 32.2. The summed E-state index contributed by atoms with van der Waals surface area (Å²) < 4.78 is 7.05. The highest BCUT2D eigenvalue weighted by Crippen LogP contribution is 2.40. The van der Waals surface area contributed by atoms with Gasteiger partial charge in [-0.1, -0.05) is 30.0 Å². The van der Waals surface area contributed by atoms with Gasteiger partial charge < -0.3 is 9.64 Å². The van der Waals surface area contributed by atoms with Crippen LogP contribution in [-0.4, -0.2) is 56.5 Å². The van der Waals surface area contributed by atoms with Crippen molar-refractivity contribution in [2.24, 2.45) is 0 Å². The van der Waals surface area contributed by atoms with E-state index in [-0.39, 0.29) is 17.6 Å². The van der Waals surface area contributed by atoms with Gasteiger partial charge in [-0.15, -0.1) is 5.10 Å². The van der Waals surface area contributed by atoms with Crippen molar-refractivity contribution in [2.75, 3.05) is 18.9 Å². The van der Waals surface area contributed by atoms with Gasteiger partial charge in [0.1, 0.15) is 11.9 Å². The molecule has 2 heterocycles. The average Bonchev–Trinajstić information content (AvgIpc) is 3.52. The van der Waals surface area contributed by atoms with Gasteiger partial charge in [0.25, 0.3) is 0 Å². The second-order valence-electron chi connectivity index (χ2n) is 7.41. The molecule has 0 radical (unpaired) electrons. The number of para-hydroxylation sites is 1. The molecule has 1 atom stereocenters. The molecule has 1 saturated carbocycles. The van der Waals surface area contributed by atoms with Crippen molar-refractivity contribution in [2.45, 2.75) is 56.1 Å². The number of likely N-dealkylation sites (tertiary alicyclic amines) is 1. The lowest BCUT2D eigenvalue weighted by Crippen LogP contribution is -2.49. The van der Waals surface area contributed by atoms with Gasteiger partial charge in [-0.25, -0.2) is 14.5 Å². The molecule has 29 heavy (non-hydrogen) atoms. The lowest BCUT2D eigenvalue weighted by Gasteiger charge is -2.33. The summed E-state index contributed by atoms with van der Waals surface area (Å²) in [6, 6.07) is 9.50. The van der Waals surface area contributed by atoms with E-state index >= 15 is 0 Å². The fourth-order valence-corrected chi connectivity index (χ4v) is 4.37. The summed E-state index contributed by atoms with van der Waals surface area (Å²) in [7, 11) is 0. The molecule has 0 N–H and O–H groups in total. The zero-order valence-corrected chi connectivity index (χ0v) is 17.4. The van der Waals surface area contributed by atoms with Crippen LogP contribution in [0, 0.1) is 0 Å². The fourth-order valence-electron chi connectivity index (χ4n) is 3.65. The van der Waals surface area contributed by atoms with Crippen LogP contribution >= 0.6 is 11.8 Å². The third kappa shape index (κ3) is 4.63. The Bertz CT molecular complexity index is 866. The number of carbonyl (C=O) groups excluding carboxylic acids is 2. The van der Waals surface area contributed by atoms with E-state index in [0.717, 1.165) is 37.2 Å². The minimum atomic E-state index is -0.464. The Hall–Kier alpha value is -2.35. The molecule has 1 aliphatic heterocycles. The SMILES string of the molecule is CCOC(=O)[C@@H]1CCCCN1C(=O)CSc1nc(C2CC2)n(-c2ccccc2)n1. The monoisotopic (exact) mass is 414 g/mol. The molecule has 8 heteroatoms. The van der Waals surface area contributed by atoms with Crippen LogP contribution in [0.15, 0.2) is 35.5 Å².